The van der Waals surface area contributed by atoms with Crippen molar-refractivity contribution >= 4 is 17.5 Å². The van der Waals surface area contributed by atoms with E-state index in [9.17, 15) is 15.0 Å². The molecule has 0 unspecified atom stereocenters. The van der Waals surface area contributed by atoms with E-state index in [4.69, 9.17) is 0 Å². The summed E-state index contributed by atoms with van der Waals surface area (Å²) in [4.78, 5) is 12.7. The molecule has 1 aliphatic carbocycles. The summed E-state index contributed by atoms with van der Waals surface area (Å²) in [5.41, 5.74) is 2.56. The SMILES string of the molecule is CC(C)(C)c1ccc(-c2nnc(SCC(=O)c3ccc(O)cc3O)n2C2CCCC2)cc1. The molecule has 0 radical (unpaired) electrons. The van der Waals surface area contributed by atoms with Gasteiger partial charge in [-0.1, -0.05) is 69.6 Å². The van der Waals surface area contributed by atoms with Crippen LogP contribution in [0.4, 0.5) is 0 Å². The molecule has 6 nitrogen and oxygen atoms in total. The van der Waals surface area contributed by atoms with E-state index in [0.717, 1.165) is 29.4 Å². The van der Waals surface area contributed by atoms with Crippen LogP contribution < -0.4 is 0 Å². The number of carbonyl (C=O) groups is 1. The highest BCUT2D eigenvalue weighted by atomic mass is 32.2. The normalized spacial score (nSPS) is 14.7. The first-order valence-corrected chi connectivity index (χ1v) is 12.0. The Morgan fingerprint density at radius 1 is 1.06 bits per heavy atom. The van der Waals surface area contributed by atoms with E-state index < -0.39 is 0 Å². The van der Waals surface area contributed by atoms with Gasteiger partial charge in [0, 0.05) is 17.7 Å². The van der Waals surface area contributed by atoms with Crippen LogP contribution >= 0.6 is 11.8 Å². The summed E-state index contributed by atoms with van der Waals surface area (Å²) in [5, 5.41) is 29.1. The number of carbonyl (C=O) groups excluding carboxylic acids is 1. The van der Waals surface area contributed by atoms with Gasteiger partial charge in [0.2, 0.25) is 0 Å². The quantitative estimate of drug-likeness (QED) is 0.367. The highest BCUT2D eigenvalue weighted by Gasteiger charge is 2.26. The van der Waals surface area contributed by atoms with Crippen LogP contribution in [0.5, 0.6) is 11.5 Å². The lowest BCUT2D eigenvalue weighted by atomic mass is 9.86. The molecule has 0 aliphatic heterocycles. The van der Waals surface area contributed by atoms with Crippen molar-refractivity contribution in [3.8, 4) is 22.9 Å². The Morgan fingerprint density at radius 3 is 2.38 bits per heavy atom. The zero-order valence-electron chi connectivity index (χ0n) is 18.7. The van der Waals surface area contributed by atoms with Crippen LogP contribution in [0.2, 0.25) is 0 Å². The number of phenols is 2. The van der Waals surface area contributed by atoms with E-state index in [2.05, 4.69) is 59.8 Å². The topological polar surface area (TPSA) is 88.2 Å². The first-order valence-electron chi connectivity index (χ1n) is 11.0. The number of phenolic OH excluding ortho intramolecular Hbond substituents is 2. The fourth-order valence-electron chi connectivity index (χ4n) is 4.15. The van der Waals surface area contributed by atoms with Gasteiger partial charge in [0.1, 0.15) is 11.5 Å². The molecule has 0 amide bonds. The first-order chi connectivity index (χ1) is 15.2. The third-order valence-electron chi connectivity index (χ3n) is 5.98. The average molecular weight is 452 g/mol. The highest BCUT2D eigenvalue weighted by molar-refractivity contribution is 7.99. The van der Waals surface area contributed by atoms with Gasteiger partial charge in [0.25, 0.3) is 0 Å². The molecule has 2 N–H and O–H groups in total. The number of benzene rings is 2. The van der Waals surface area contributed by atoms with Crippen molar-refractivity contribution in [3.05, 3.63) is 53.6 Å². The molecule has 7 heteroatoms. The number of hydrogen-bond acceptors (Lipinski definition) is 6. The second-order valence-corrected chi connectivity index (χ2v) is 10.3. The molecule has 0 bridgehead atoms. The summed E-state index contributed by atoms with van der Waals surface area (Å²) in [6.45, 7) is 6.59. The maximum Gasteiger partial charge on any atom is 0.192 e. The monoisotopic (exact) mass is 451 g/mol. The van der Waals surface area contributed by atoms with Crippen molar-refractivity contribution in [2.75, 3.05) is 5.75 Å². The number of rotatable bonds is 6. The summed E-state index contributed by atoms with van der Waals surface area (Å²) in [6.07, 6.45) is 4.50. The van der Waals surface area contributed by atoms with Crippen LogP contribution in [0.3, 0.4) is 0 Å². The standard InChI is InChI=1S/C25H29N3O3S/c1-25(2,3)17-10-8-16(9-11-17)23-26-27-24(28(23)18-6-4-5-7-18)32-15-22(31)20-13-12-19(29)14-21(20)30/h8-14,18,29-30H,4-7,15H2,1-3H3. The predicted octanol–water partition coefficient (Wildman–Crippen LogP) is 5.74. The zero-order valence-corrected chi connectivity index (χ0v) is 19.5. The molecule has 168 valence electrons. The van der Waals surface area contributed by atoms with Gasteiger partial charge in [0.05, 0.1) is 11.3 Å². The minimum Gasteiger partial charge on any atom is -0.508 e. The third-order valence-corrected chi connectivity index (χ3v) is 6.92. The largest absolute Gasteiger partial charge is 0.508 e. The second-order valence-electron chi connectivity index (χ2n) is 9.36. The predicted molar refractivity (Wildman–Crippen MR) is 126 cm³/mol. The van der Waals surface area contributed by atoms with Crippen LogP contribution in [0.15, 0.2) is 47.6 Å². The van der Waals surface area contributed by atoms with Gasteiger partial charge in [-0.25, -0.2) is 0 Å². The minimum atomic E-state index is -0.218. The Hall–Kier alpha value is -2.80. The van der Waals surface area contributed by atoms with Crippen molar-refractivity contribution in [3.63, 3.8) is 0 Å². The van der Waals surface area contributed by atoms with Crippen LogP contribution in [-0.2, 0) is 5.41 Å². The third kappa shape index (κ3) is 4.67. The number of nitrogens with zero attached hydrogens (tertiary/aromatic N) is 3. The molecule has 4 rings (SSSR count). The van der Waals surface area contributed by atoms with E-state index in [1.54, 1.807) is 0 Å². The fourth-order valence-corrected chi connectivity index (χ4v) is 5.04. The Labute approximate surface area is 192 Å². The number of hydrogen-bond donors (Lipinski definition) is 2. The van der Waals surface area contributed by atoms with E-state index in [1.807, 2.05) is 0 Å². The lowest BCUT2D eigenvalue weighted by Gasteiger charge is -2.20. The molecule has 2 aromatic carbocycles. The molecule has 0 spiro atoms. The Balaban J connectivity index is 1.60. The van der Waals surface area contributed by atoms with Crippen LogP contribution in [0.25, 0.3) is 11.4 Å². The van der Waals surface area contributed by atoms with Gasteiger partial charge < -0.3 is 10.2 Å². The van der Waals surface area contributed by atoms with Gasteiger partial charge in [-0.2, -0.15) is 0 Å². The summed E-state index contributed by atoms with van der Waals surface area (Å²) >= 11 is 1.34. The molecule has 0 atom stereocenters. The second kappa shape index (κ2) is 8.98. The molecule has 0 saturated heterocycles. The van der Waals surface area contributed by atoms with E-state index in [-0.39, 0.29) is 34.0 Å². The number of thioether (sulfide) groups is 1. The smallest absolute Gasteiger partial charge is 0.192 e. The lowest BCUT2D eigenvalue weighted by molar-refractivity contribution is 0.102. The van der Waals surface area contributed by atoms with E-state index in [1.165, 1.54) is 48.4 Å². The van der Waals surface area contributed by atoms with Gasteiger partial charge in [0.15, 0.2) is 16.8 Å². The van der Waals surface area contributed by atoms with Crippen molar-refractivity contribution in [1.29, 1.82) is 0 Å². The summed E-state index contributed by atoms with van der Waals surface area (Å²) < 4.78 is 2.19. The number of aromatic hydroxyl groups is 2. The molecule has 1 fully saturated rings. The minimum absolute atomic E-state index is 0.0743. The van der Waals surface area contributed by atoms with Crippen molar-refractivity contribution in [2.45, 2.75) is 63.1 Å². The Morgan fingerprint density at radius 2 is 1.75 bits per heavy atom. The Kier molecular flexibility index (Phi) is 6.29. The maximum absolute atomic E-state index is 12.7. The van der Waals surface area contributed by atoms with Crippen LogP contribution in [0.1, 0.15) is 68.4 Å². The zero-order chi connectivity index (χ0) is 22.9. The van der Waals surface area contributed by atoms with Crippen LogP contribution in [-0.4, -0.2) is 36.5 Å². The summed E-state index contributed by atoms with van der Waals surface area (Å²) in [6, 6.07) is 12.8. The molecule has 1 heterocycles. The molecule has 1 aliphatic rings. The van der Waals surface area contributed by atoms with Crippen molar-refractivity contribution in [2.24, 2.45) is 0 Å². The molecule has 1 aromatic heterocycles. The van der Waals surface area contributed by atoms with Gasteiger partial charge >= 0.3 is 0 Å². The van der Waals surface area contributed by atoms with Crippen LogP contribution in [0, 0.1) is 0 Å². The number of Topliss-reactive ketones (excluding diaryl/α,β-unsaturated/α-hetero) is 1. The summed E-state index contributed by atoms with van der Waals surface area (Å²) in [7, 11) is 0. The Bertz CT molecular complexity index is 1110. The molecule has 1 saturated carbocycles. The highest BCUT2D eigenvalue weighted by Crippen LogP contribution is 2.37. The fraction of sp³-hybridized carbons (Fsp3) is 0.400. The summed E-state index contributed by atoms with van der Waals surface area (Å²) in [5.74, 6) is 0.457. The van der Waals surface area contributed by atoms with E-state index in [0.29, 0.717) is 6.04 Å². The average Bonchev–Trinajstić information content (AvgIpc) is 3.41. The van der Waals surface area contributed by atoms with Gasteiger partial charge in [-0.05, 0) is 36.0 Å². The lowest BCUT2D eigenvalue weighted by Crippen LogP contribution is -2.11. The number of aromatic nitrogens is 3. The van der Waals surface area contributed by atoms with Gasteiger partial charge in [-0.15, -0.1) is 10.2 Å². The first kappa shape index (κ1) is 22.4. The van der Waals surface area contributed by atoms with Crippen molar-refractivity contribution < 1.29 is 15.0 Å². The van der Waals surface area contributed by atoms with E-state index >= 15 is 0 Å². The molecular formula is C25H29N3O3S. The molecule has 32 heavy (non-hydrogen) atoms. The molecule has 3 aromatic rings. The number of ketones is 1. The maximum atomic E-state index is 12.7. The molecular weight excluding hydrogens is 422 g/mol. The van der Waals surface area contributed by atoms with Gasteiger partial charge in [-0.3, -0.25) is 9.36 Å². The van der Waals surface area contributed by atoms with Crippen molar-refractivity contribution in [1.82, 2.24) is 14.8 Å².